The van der Waals surface area contributed by atoms with Crippen molar-refractivity contribution in [3.05, 3.63) is 11.6 Å². The van der Waals surface area contributed by atoms with Gasteiger partial charge in [0.15, 0.2) is 5.13 Å². The van der Waals surface area contributed by atoms with E-state index in [1.54, 1.807) is 11.3 Å². The molecule has 0 amide bonds. The monoisotopic (exact) mass is 213 g/mol. The molecule has 1 heterocycles. The average Bonchev–Trinajstić information content (AvgIpc) is 2.71. The van der Waals surface area contributed by atoms with E-state index in [9.17, 15) is 0 Å². The summed E-state index contributed by atoms with van der Waals surface area (Å²) < 4.78 is 0. The zero-order valence-electron chi connectivity index (χ0n) is 8.94. The first-order valence-corrected chi connectivity index (χ1v) is 6.07. The zero-order valence-corrected chi connectivity index (χ0v) is 9.76. The van der Waals surface area contributed by atoms with E-state index in [0.29, 0.717) is 12.6 Å². The van der Waals surface area contributed by atoms with E-state index in [0.717, 1.165) is 24.5 Å². The summed E-state index contributed by atoms with van der Waals surface area (Å²) in [6.07, 6.45) is 4.15. The van der Waals surface area contributed by atoms with Crippen molar-refractivity contribution in [1.29, 1.82) is 0 Å². The summed E-state index contributed by atoms with van der Waals surface area (Å²) in [5.41, 5.74) is 5.62. The topological polar surface area (TPSA) is 42.1 Å². The summed E-state index contributed by atoms with van der Waals surface area (Å²) >= 11 is 1.69. The van der Waals surface area contributed by atoms with Crippen molar-refractivity contribution in [3.63, 3.8) is 0 Å². The molecule has 4 heteroatoms. The zero-order chi connectivity index (χ0) is 10.4. The molecule has 3 nitrogen and oxygen atoms in total. The van der Waals surface area contributed by atoms with Crippen molar-refractivity contribution in [2.45, 2.75) is 32.7 Å². The van der Waals surface area contributed by atoms with Crippen LogP contribution in [0.4, 0.5) is 5.13 Å². The maximum atomic E-state index is 5.62. The molecule has 0 aliphatic heterocycles. The Morgan fingerprint density at radius 1 is 1.50 bits per heavy atom. The minimum atomic E-state index is 0.574. The van der Waals surface area contributed by atoms with Crippen molar-refractivity contribution < 1.29 is 0 Å². The van der Waals surface area contributed by atoms with Gasteiger partial charge in [0.1, 0.15) is 0 Å². The fourth-order valence-corrected chi connectivity index (χ4v) is 2.40. The van der Waals surface area contributed by atoms with E-state index in [4.69, 9.17) is 5.73 Å². The summed E-state index contributed by atoms with van der Waals surface area (Å²) in [6, 6.07) is 0.574. The highest BCUT2D eigenvalue weighted by Gasteiger charge is 2.16. The van der Waals surface area contributed by atoms with E-state index in [2.05, 4.69) is 23.7 Å². The van der Waals surface area contributed by atoms with Crippen LogP contribution in [0.2, 0.25) is 0 Å². The summed E-state index contributed by atoms with van der Waals surface area (Å²) in [5.74, 6) is 0. The average molecular weight is 213 g/mol. The minimum Gasteiger partial charge on any atom is -0.344 e. The van der Waals surface area contributed by atoms with Crippen LogP contribution in [0.5, 0.6) is 0 Å². The van der Waals surface area contributed by atoms with Crippen LogP contribution in [-0.4, -0.2) is 24.1 Å². The second-order valence-electron chi connectivity index (χ2n) is 3.27. The van der Waals surface area contributed by atoms with E-state index >= 15 is 0 Å². The fourth-order valence-electron chi connectivity index (χ4n) is 1.66. The molecular formula is C10H19N3S. The van der Waals surface area contributed by atoms with Gasteiger partial charge in [-0.25, -0.2) is 4.98 Å². The molecule has 0 aliphatic carbocycles. The highest BCUT2D eigenvalue weighted by atomic mass is 32.1. The molecule has 1 aromatic rings. The number of anilines is 1. The van der Waals surface area contributed by atoms with Crippen LogP contribution in [0.15, 0.2) is 11.6 Å². The van der Waals surface area contributed by atoms with Gasteiger partial charge in [0.05, 0.1) is 0 Å². The first-order valence-electron chi connectivity index (χ1n) is 5.19. The molecule has 80 valence electrons. The molecule has 0 atom stereocenters. The lowest BCUT2D eigenvalue weighted by Crippen LogP contribution is -2.38. The Morgan fingerprint density at radius 2 is 2.21 bits per heavy atom. The SMILES string of the molecule is CCC(CC)N(CCN)c1nccs1. The lowest BCUT2D eigenvalue weighted by molar-refractivity contribution is 0.558. The first kappa shape index (κ1) is 11.5. The van der Waals surface area contributed by atoms with Crippen molar-refractivity contribution in [2.24, 2.45) is 5.73 Å². The molecule has 0 spiro atoms. The molecule has 0 fully saturated rings. The molecule has 0 aromatic carbocycles. The Labute approximate surface area is 89.9 Å². The minimum absolute atomic E-state index is 0.574. The number of thiazole rings is 1. The number of nitrogens with zero attached hydrogens (tertiary/aromatic N) is 2. The van der Waals surface area contributed by atoms with Crippen LogP contribution in [0.25, 0.3) is 0 Å². The molecule has 1 rings (SSSR count). The van der Waals surface area contributed by atoms with Gasteiger partial charge in [-0.15, -0.1) is 11.3 Å². The van der Waals surface area contributed by atoms with Gasteiger partial charge in [0, 0.05) is 30.7 Å². The number of hydrogen-bond donors (Lipinski definition) is 1. The van der Waals surface area contributed by atoms with Crippen molar-refractivity contribution in [2.75, 3.05) is 18.0 Å². The second kappa shape index (κ2) is 5.98. The summed E-state index contributed by atoms with van der Waals surface area (Å²) in [4.78, 5) is 6.66. The van der Waals surface area contributed by atoms with Crippen LogP contribution in [0, 0.1) is 0 Å². The Kier molecular flexibility index (Phi) is 4.90. The molecule has 2 N–H and O–H groups in total. The van der Waals surface area contributed by atoms with Crippen LogP contribution in [-0.2, 0) is 0 Å². The quantitative estimate of drug-likeness (QED) is 0.787. The lowest BCUT2D eigenvalue weighted by Gasteiger charge is -2.29. The predicted molar refractivity (Wildman–Crippen MR) is 62.9 cm³/mol. The summed E-state index contributed by atoms with van der Waals surface area (Å²) in [6.45, 7) is 6.02. The van der Waals surface area contributed by atoms with Crippen LogP contribution >= 0.6 is 11.3 Å². The molecule has 14 heavy (non-hydrogen) atoms. The summed E-state index contributed by atoms with van der Waals surface area (Å²) in [5, 5.41) is 3.12. The smallest absolute Gasteiger partial charge is 0.185 e. The highest BCUT2D eigenvalue weighted by Crippen LogP contribution is 2.22. The molecular weight excluding hydrogens is 194 g/mol. The van der Waals surface area contributed by atoms with Crippen LogP contribution in [0.3, 0.4) is 0 Å². The van der Waals surface area contributed by atoms with Gasteiger partial charge in [-0.2, -0.15) is 0 Å². The van der Waals surface area contributed by atoms with Crippen molar-refractivity contribution >= 4 is 16.5 Å². The lowest BCUT2D eigenvalue weighted by atomic mass is 10.1. The molecule has 0 aliphatic rings. The third kappa shape index (κ3) is 2.69. The van der Waals surface area contributed by atoms with Gasteiger partial charge >= 0.3 is 0 Å². The van der Waals surface area contributed by atoms with E-state index in [1.807, 2.05) is 11.6 Å². The maximum absolute atomic E-state index is 5.62. The Hall–Kier alpha value is -0.610. The molecule has 0 saturated heterocycles. The van der Waals surface area contributed by atoms with Gasteiger partial charge < -0.3 is 10.6 Å². The van der Waals surface area contributed by atoms with E-state index < -0.39 is 0 Å². The van der Waals surface area contributed by atoms with Crippen LogP contribution < -0.4 is 10.6 Å². The molecule has 0 saturated carbocycles. The number of rotatable bonds is 6. The summed E-state index contributed by atoms with van der Waals surface area (Å²) in [7, 11) is 0. The second-order valence-corrected chi connectivity index (χ2v) is 4.14. The van der Waals surface area contributed by atoms with Gasteiger partial charge in [0.2, 0.25) is 0 Å². The standard InChI is InChI=1S/C10H19N3S/c1-3-9(4-2)13(7-5-11)10-12-6-8-14-10/h6,8-9H,3-5,7,11H2,1-2H3. The third-order valence-corrected chi connectivity index (χ3v) is 3.23. The highest BCUT2D eigenvalue weighted by molar-refractivity contribution is 7.13. The van der Waals surface area contributed by atoms with Gasteiger partial charge in [0.25, 0.3) is 0 Å². The fraction of sp³-hybridized carbons (Fsp3) is 0.700. The van der Waals surface area contributed by atoms with Crippen LogP contribution in [0.1, 0.15) is 26.7 Å². The largest absolute Gasteiger partial charge is 0.344 e. The number of aromatic nitrogens is 1. The van der Waals surface area contributed by atoms with E-state index in [1.165, 1.54) is 0 Å². The molecule has 0 bridgehead atoms. The predicted octanol–water partition coefficient (Wildman–Crippen LogP) is 2.10. The van der Waals surface area contributed by atoms with E-state index in [-0.39, 0.29) is 0 Å². The van der Waals surface area contributed by atoms with Gasteiger partial charge in [-0.1, -0.05) is 13.8 Å². The Morgan fingerprint density at radius 3 is 2.64 bits per heavy atom. The number of nitrogens with two attached hydrogens (primary N) is 1. The molecule has 1 aromatic heterocycles. The van der Waals surface area contributed by atoms with Crippen molar-refractivity contribution in [3.8, 4) is 0 Å². The molecule has 0 unspecified atom stereocenters. The third-order valence-electron chi connectivity index (χ3n) is 2.42. The van der Waals surface area contributed by atoms with Gasteiger partial charge in [-0.3, -0.25) is 0 Å². The maximum Gasteiger partial charge on any atom is 0.185 e. The van der Waals surface area contributed by atoms with Gasteiger partial charge in [-0.05, 0) is 12.8 Å². The first-order chi connectivity index (χ1) is 6.83. The Bertz CT molecular complexity index is 232. The normalized spacial score (nSPS) is 10.9. The number of hydrogen-bond acceptors (Lipinski definition) is 4. The molecule has 0 radical (unpaired) electrons. The van der Waals surface area contributed by atoms with Crippen molar-refractivity contribution in [1.82, 2.24) is 4.98 Å². The Balaban J connectivity index is 2.72.